The maximum Gasteiger partial charge on any atom is 0.573 e. The molecule has 0 unspecified atom stereocenters. The van der Waals surface area contributed by atoms with Gasteiger partial charge in [0.2, 0.25) is 0 Å². The van der Waals surface area contributed by atoms with Crippen LogP contribution in [0.2, 0.25) is 0 Å². The first-order chi connectivity index (χ1) is 16.5. The number of nitrogens with zero attached hydrogens (tertiary/aromatic N) is 3. The Morgan fingerprint density at radius 1 is 0.971 bits per heavy atom. The molecule has 2 aliphatic heterocycles. The van der Waals surface area contributed by atoms with Crippen LogP contribution in [-0.2, 0) is 13.0 Å². The fourth-order valence-electron chi connectivity index (χ4n) is 5.04. The molecular weight excluding hydrogens is 441 g/mol. The van der Waals surface area contributed by atoms with Gasteiger partial charge in [-0.1, -0.05) is 30.3 Å². The number of alkyl halides is 3. The van der Waals surface area contributed by atoms with Gasteiger partial charge in [0.15, 0.2) is 0 Å². The van der Waals surface area contributed by atoms with Crippen molar-refractivity contribution in [2.24, 2.45) is 0 Å². The molecule has 34 heavy (non-hydrogen) atoms. The van der Waals surface area contributed by atoms with E-state index in [1.807, 2.05) is 10.7 Å². The summed E-state index contributed by atoms with van der Waals surface area (Å²) >= 11 is 0. The molecule has 0 atom stereocenters. The van der Waals surface area contributed by atoms with E-state index < -0.39 is 6.36 Å². The summed E-state index contributed by atoms with van der Waals surface area (Å²) in [6.45, 7) is 3.88. The van der Waals surface area contributed by atoms with Crippen molar-refractivity contribution < 1.29 is 17.9 Å². The molecule has 3 aromatic rings. The highest BCUT2D eigenvalue weighted by Gasteiger charge is 2.31. The first-order valence-electron chi connectivity index (χ1n) is 11.9. The average Bonchev–Trinajstić information content (AvgIpc) is 3.01. The van der Waals surface area contributed by atoms with Crippen LogP contribution >= 0.6 is 0 Å². The summed E-state index contributed by atoms with van der Waals surface area (Å²) in [7, 11) is 0. The van der Waals surface area contributed by atoms with Crippen molar-refractivity contribution in [2.75, 3.05) is 25.0 Å². The molecule has 0 radical (unpaired) electrons. The molecule has 0 aliphatic carbocycles. The Morgan fingerprint density at radius 3 is 2.41 bits per heavy atom. The molecular formula is C26H29F3N4O. The van der Waals surface area contributed by atoms with Crippen molar-refractivity contribution in [1.29, 1.82) is 0 Å². The van der Waals surface area contributed by atoms with Crippen LogP contribution in [-0.4, -0.2) is 40.7 Å². The third kappa shape index (κ3) is 5.22. The zero-order valence-electron chi connectivity index (χ0n) is 19.0. The number of aromatic nitrogens is 2. The normalized spacial score (nSPS) is 17.6. The van der Waals surface area contributed by atoms with Gasteiger partial charge in [0.05, 0.1) is 11.4 Å². The number of hydrogen-bond donors (Lipinski definition) is 1. The topological polar surface area (TPSA) is 42.3 Å². The number of hydrogen-bond acceptors (Lipinski definition) is 4. The molecule has 2 aliphatic rings. The van der Waals surface area contributed by atoms with E-state index in [9.17, 15) is 13.2 Å². The highest BCUT2D eigenvalue weighted by atomic mass is 19.4. The van der Waals surface area contributed by atoms with Gasteiger partial charge in [0.1, 0.15) is 11.6 Å². The second-order valence-electron chi connectivity index (χ2n) is 9.09. The van der Waals surface area contributed by atoms with E-state index in [1.54, 1.807) is 12.1 Å². The van der Waals surface area contributed by atoms with Crippen LogP contribution in [0.15, 0.2) is 54.6 Å². The predicted octanol–water partition coefficient (Wildman–Crippen LogP) is 5.90. The van der Waals surface area contributed by atoms with Crippen LogP contribution < -0.4 is 10.1 Å². The van der Waals surface area contributed by atoms with E-state index in [2.05, 4.69) is 39.2 Å². The maximum absolute atomic E-state index is 12.5. The minimum absolute atomic E-state index is 0.228. The summed E-state index contributed by atoms with van der Waals surface area (Å²) in [5.41, 5.74) is 4.46. The lowest BCUT2D eigenvalue weighted by molar-refractivity contribution is -0.274. The second kappa shape index (κ2) is 9.70. The van der Waals surface area contributed by atoms with Gasteiger partial charge in [0.25, 0.3) is 0 Å². The van der Waals surface area contributed by atoms with Crippen molar-refractivity contribution in [3.63, 3.8) is 0 Å². The van der Waals surface area contributed by atoms with Gasteiger partial charge in [-0.3, -0.25) is 4.90 Å². The number of nitrogens with one attached hydrogen (secondary N) is 1. The quantitative estimate of drug-likeness (QED) is 0.504. The first-order valence-corrected chi connectivity index (χ1v) is 11.9. The number of rotatable bonds is 5. The Morgan fingerprint density at radius 2 is 1.71 bits per heavy atom. The highest BCUT2D eigenvalue weighted by Crippen LogP contribution is 2.37. The summed E-state index contributed by atoms with van der Waals surface area (Å²) in [5.74, 6) is 1.13. The maximum atomic E-state index is 12.5. The molecule has 8 heteroatoms. The number of ether oxygens (including phenoxy) is 1. The molecule has 0 bridgehead atoms. The van der Waals surface area contributed by atoms with E-state index in [4.69, 9.17) is 5.10 Å². The number of halogens is 3. The summed E-state index contributed by atoms with van der Waals surface area (Å²) in [6, 6.07) is 16.5. The van der Waals surface area contributed by atoms with Gasteiger partial charge in [-0.15, -0.1) is 13.2 Å². The largest absolute Gasteiger partial charge is 0.573 e. The van der Waals surface area contributed by atoms with E-state index in [0.717, 1.165) is 75.5 Å². The van der Waals surface area contributed by atoms with Gasteiger partial charge in [-0.2, -0.15) is 5.10 Å². The minimum atomic E-state index is -4.70. The van der Waals surface area contributed by atoms with Crippen molar-refractivity contribution in [3.8, 4) is 11.4 Å². The van der Waals surface area contributed by atoms with E-state index in [1.165, 1.54) is 23.3 Å². The molecule has 1 fully saturated rings. The van der Waals surface area contributed by atoms with Crippen LogP contribution in [0.3, 0.4) is 0 Å². The fourth-order valence-corrected chi connectivity index (χ4v) is 5.04. The zero-order valence-corrected chi connectivity index (χ0v) is 19.0. The van der Waals surface area contributed by atoms with Gasteiger partial charge >= 0.3 is 6.36 Å². The SMILES string of the molecule is FC(F)(F)Oc1ccc(-n2nc(C3CCN(Cc4ccccc4)CC3)c3c2NCCCC3)cc1. The third-order valence-electron chi connectivity index (χ3n) is 6.70. The monoisotopic (exact) mass is 470 g/mol. The molecule has 3 heterocycles. The average molecular weight is 471 g/mol. The molecule has 5 nitrogen and oxygen atoms in total. The van der Waals surface area contributed by atoms with Crippen molar-refractivity contribution >= 4 is 5.82 Å². The van der Waals surface area contributed by atoms with Crippen LogP contribution in [0.1, 0.15) is 48.4 Å². The molecule has 2 aromatic carbocycles. The lowest BCUT2D eigenvalue weighted by atomic mass is 9.90. The van der Waals surface area contributed by atoms with E-state index in [-0.39, 0.29) is 5.75 Å². The Balaban J connectivity index is 1.35. The fraction of sp³-hybridized carbons (Fsp3) is 0.423. The number of anilines is 1. The lowest BCUT2D eigenvalue weighted by Gasteiger charge is -2.31. The number of fused-ring (bicyclic) bond motifs is 1. The van der Waals surface area contributed by atoms with Gasteiger partial charge in [0, 0.05) is 24.6 Å². The summed E-state index contributed by atoms with van der Waals surface area (Å²) in [4.78, 5) is 2.50. The molecule has 1 N–H and O–H groups in total. The van der Waals surface area contributed by atoms with Crippen molar-refractivity contribution in [2.45, 2.75) is 50.9 Å². The molecule has 5 rings (SSSR count). The molecule has 0 spiro atoms. The molecule has 1 aromatic heterocycles. The Kier molecular flexibility index (Phi) is 6.50. The first kappa shape index (κ1) is 22.8. The van der Waals surface area contributed by atoms with Crippen LogP contribution in [0.5, 0.6) is 5.75 Å². The van der Waals surface area contributed by atoms with Gasteiger partial charge in [-0.05, 0) is 75.0 Å². The van der Waals surface area contributed by atoms with E-state index >= 15 is 0 Å². The molecule has 0 saturated carbocycles. The highest BCUT2D eigenvalue weighted by molar-refractivity contribution is 5.55. The predicted molar refractivity (Wildman–Crippen MR) is 125 cm³/mol. The summed E-state index contributed by atoms with van der Waals surface area (Å²) in [6.07, 6.45) is 0.556. The lowest BCUT2D eigenvalue weighted by Crippen LogP contribution is -2.32. The molecule has 180 valence electrons. The summed E-state index contributed by atoms with van der Waals surface area (Å²) < 4.78 is 43.5. The third-order valence-corrected chi connectivity index (χ3v) is 6.70. The van der Waals surface area contributed by atoms with Gasteiger partial charge in [-0.25, -0.2) is 4.68 Å². The zero-order chi connectivity index (χ0) is 23.5. The van der Waals surface area contributed by atoms with Crippen LogP contribution in [0, 0.1) is 0 Å². The number of benzene rings is 2. The Bertz CT molecular complexity index is 1090. The van der Waals surface area contributed by atoms with Crippen molar-refractivity contribution in [1.82, 2.24) is 14.7 Å². The number of piperidine rings is 1. The molecule has 0 amide bonds. The second-order valence-corrected chi connectivity index (χ2v) is 9.09. The van der Waals surface area contributed by atoms with Crippen LogP contribution in [0.4, 0.5) is 19.0 Å². The van der Waals surface area contributed by atoms with Crippen LogP contribution in [0.25, 0.3) is 5.69 Å². The summed E-state index contributed by atoms with van der Waals surface area (Å²) in [5, 5.41) is 8.54. The smallest absolute Gasteiger partial charge is 0.406 e. The molecule has 1 saturated heterocycles. The number of likely N-dealkylation sites (tertiary alicyclic amines) is 1. The van der Waals surface area contributed by atoms with Gasteiger partial charge < -0.3 is 10.1 Å². The van der Waals surface area contributed by atoms with E-state index in [0.29, 0.717) is 5.92 Å². The Labute approximate surface area is 197 Å². The Hall–Kier alpha value is -3.00. The minimum Gasteiger partial charge on any atom is -0.406 e. The standard InChI is InChI=1S/C26H29F3N4O/c27-26(28,29)34-22-11-9-21(10-12-22)33-25-23(8-4-5-15-30-25)24(31-33)20-13-16-32(17-14-20)18-19-6-2-1-3-7-19/h1-3,6-7,9-12,20,30H,4-5,8,13-18H2. The van der Waals surface area contributed by atoms with Crippen molar-refractivity contribution in [3.05, 3.63) is 71.4 Å².